The van der Waals surface area contributed by atoms with Crippen LogP contribution >= 0.6 is 0 Å². The lowest BCUT2D eigenvalue weighted by molar-refractivity contribution is -0.0435. The molecule has 4 nitrogen and oxygen atoms in total. The molecule has 0 spiro atoms. The van der Waals surface area contributed by atoms with E-state index in [4.69, 9.17) is 5.73 Å². The van der Waals surface area contributed by atoms with Crippen molar-refractivity contribution < 1.29 is 14.6 Å². The van der Waals surface area contributed by atoms with Crippen molar-refractivity contribution >= 4 is 6.09 Å². The minimum atomic E-state index is -1.03. The zero-order valence-corrected chi connectivity index (χ0v) is 6.42. The van der Waals surface area contributed by atoms with Crippen LogP contribution in [0.15, 0.2) is 0 Å². The van der Waals surface area contributed by atoms with E-state index >= 15 is 0 Å². The Morgan fingerprint density at radius 3 is 2.20 bits per heavy atom. The molecular weight excluding hydrogens is 134 g/mol. The molecule has 0 saturated carbocycles. The number of ether oxygens (including phenoxy) is 1. The van der Waals surface area contributed by atoms with Crippen LogP contribution in [0.4, 0.5) is 4.79 Å². The lowest BCUT2D eigenvalue weighted by Gasteiger charge is -2.24. The highest BCUT2D eigenvalue weighted by Crippen LogP contribution is 2.10. The zero-order chi connectivity index (χ0) is 8.36. The second-order valence-electron chi connectivity index (χ2n) is 2.73. The summed E-state index contributed by atoms with van der Waals surface area (Å²) >= 11 is 0. The third-order valence-corrected chi connectivity index (χ3v) is 1.29. The Bertz CT molecular complexity index is 127. The molecule has 4 heteroatoms. The Morgan fingerprint density at radius 1 is 1.70 bits per heavy atom. The Kier molecular flexibility index (Phi) is 2.65. The number of carbonyl (C=O) groups is 1. The third-order valence-electron chi connectivity index (χ3n) is 1.29. The molecule has 0 aromatic carbocycles. The van der Waals surface area contributed by atoms with Gasteiger partial charge in [0.15, 0.2) is 0 Å². The van der Waals surface area contributed by atoms with Crippen molar-refractivity contribution in [2.24, 2.45) is 5.73 Å². The normalized spacial score (nSPS) is 14.4. The summed E-state index contributed by atoms with van der Waals surface area (Å²) in [6.07, 6.45) is -1.44. The summed E-state index contributed by atoms with van der Waals surface area (Å²) in [6.45, 7) is 4.66. The molecule has 0 aliphatic carbocycles. The van der Waals surface area contributed by atoms with Gasteiger partial charge >= 0.3 is 6.09 Å². The second-order valence-corrected chi connectivity index (χ2v) is 2.73. The van der Waals surface area contributed by atoms with Crippen molar-refractivity contribution in [3.05, 3.63) is 0 Å². The maximum absolute atomic E-state index is 10.1. The van der Waals surface area contributed by atoms with E-state index in [0.29, 0.717) is 0 Å². The van der Waals surface area contributed by atoms with Crippen molar-refractivity contribution in [2.45, 2.75) is 32.5 Å². The summed E-state index contributed by atoms with van der Waals surface area (Å²) in [5.74, 6) is 0. The number of amides is 1. The first-order valence-electron chi connectivity index (χ1n) is 3.02. The van der Waals surface area contributed by atoms with E-state index in [9.17, 15) is 9.90 Å². The summed E-state index contributed by atoms with van der Waals surface area (Å²) in [4.78, 5) is 10.1. The summed E-state index contributed by atoms with van der Waals surface area (Å²) in [5, 5.41) is 9.20. The van der Waals surface area contributed by atoms with Crippen LogP contribution in [0, 0.1) is 0 Å². The maximum atomic E-state index is 10.1. The molecule has 0 aliphatic heterocycles. The predicted octanol–water partition coefficient (Wildman–Crippen LogP) is 0.241. The van der Waals surface area contributed by atoms with Gasteiger partial charge in [-0.15, -0.1) is 0 Å². The minimum absolute atomic E-state index is 0.579. The summed E-state index contributed by atoms with van der Waals surface area (Å²) < 4.78 is 4.50. The Balaban J connectivity index is 3.85. The van der Waals surface area contributed by atoms with E-state index in [1.165, 1.54) is 0 Å². The van der Waals surface area contributed by atoms with Crippen molar-refractivity contribution in [3.8, 4) is 0 Å². The average molecular weight is 147 g/mol. The van der Waals surface area contributed by atoms with Crippen LogP contribution in [0.5, 0.6) is 0 Å². The van der Waals surface area contributed by atoms with Gasteiger partial charge in [0.25, 0.3) is 0 Å². The molecule has 0 unspecified atom stereocenters. The maximum Gasteiger partial charge on any atom is 0.404 e. The lowest BCUT2D eigenvalue weighted by atomic mass is 10.0. The lowest BCUT2D eigenvalue weighted by Crippen LogP contribution is -2.38. The van der Waals surface area contributed by atoms with Gasteiger partial charge in [-0.25, -0.2) is 4.79 Å². The van der Waals surface area contributed by atoms with Crippen LogP contribution in [-0.4, -0.2) is 22.9 Å². The number of primary amides is 1. The van der Waals surface area contributed by atoms with Gasteiger partial charge in [-0.2, -0.15) is 0 Å². The number of carbonyl (C=O) groups excluding carboxylic acids is 1. The fourth-order valence-electron chi connectivity index (χ4n) is 0.318. The van der Waals surface area contributed by atoms with Crippen molar-refractivity contribution in [1.82, 2.24) is 0 Å². The highest BCUT2D eigenvalue weighted by Gasteiger charge is 2.24. The van der Waals surface area contributed by atoms with Gasteiger partial charge in [0.05, 0.1) is 5.60 Å². The number of nitrogens with two attached hydrogens (primary N) is 1. The Morgan fingerprint density at radius 2 is 2.10 bits per heavy atom. The van der Waals surface area contributed by atoms with Gasteiger partial charge in [-0.3, -0.25) is 0 Å². The molecule has 0 aromatic heterocycles. The van der Waals surface area contributed by atoms with E-state index in [0.717, 1.165) is 0 Å². The minimum Gasteiger partial charge on any atom is -0.444 e. The third kappa shape index (κ3) is 3.29. The number of hydrogen-bond donors (Lipinski definition) is 2. The van der Waals surface area contributed by atoms with E-state index in [1.807, 2.05) is 0 Å². The highest BCUT2D eigenvalue weighted by atomic mass is 16.6. The number of rotatable bonds is 2. The van der Waals surface area contributed by atoms with Crippen molar-refractivity contribution in [3.63, 3.8) is 0 Å². The largest absolute Gasteiger partial charge is 0.444 e. The van der Waals surface area contributed by atoms with E-state index in [-0.39, 0.29) is 0 Å². The molecule has 60 valence electrons. The zero-order valence-electron chi connectivity index (χ0n) is 6.42. The molecule has 1 amide bonds. The van der Waals surface area contributed by atoms with Gasteiger partial charge in [-0.1, -0.05) is 0 Å². The van der Waals surface area contributed by atoms with Crippen LogP contribution in [0.2, 0.25) is 0 Å². The molecule has 0 bridgehead atoms. The van der Waals surface area contributed by atoms with E-state index in [2.05, 4.69) is 4.74 Å². The second kappa shape index (κ2) is 2.88. The quantitative estimate of drug-likeness (QED) is 0.587. The summed E-state index contributed by atoms with van der Waals surface area (Å²) in [5.41, 5.74) is 3.69. The molecule has 0 aromatic rings. The average Bonchev–Trinajstić information content (AvgIpc) is 1.60. The molecule has 0 heterocycles. The van der Waals surface area contributed by atoms with Crippen LogP contribution in [-0.2, 0) is 4.74 Å². The standard InChI is InChI=1S/C6H13NO3/c1-4(6(2,3)9)10-5(7)8/h4,9H,1-3H3,(H2,7,8)/t4-/m0/s1. The molecular formula is C6H13NO3. The topological polar surface area (TPSA) is 72.5 Å². The first-order valence-corrected chi connectivity index (χ1v) is 3.02. The monoisotopic (exact) mass is 147 g/mol. The molecule has 0 rings (SSSR count). The molecule has 0 saturated heterocycles. The predicted molar refractivity (Wildman–Crippen MR) is 36.4 cm³/mol. The smallest absolute Gasteiger partial charge is 0.404 e. The Labute approximate surface area is 60.0 Å². The van der Waals surface area contributed by atoms with Crippen LogP contribution in [0.3, 0.4) is 0 Å². The van der Waals surface area contributed by atoms with E-state index in [1.54, 1.807) is 20.8 Å². The van der Waals surface area contributed by atoms with Gasteiger partial charge in [-0.05, 0) is 20.8 Å². The molecule has 0 fully saturated rings. The first-order chi connectivity index (χ1) is 4.34. The first kappa shape index (κ1) is 9.23. The fourth-order valence-corrected chi connectivity index (χ4v) is 0.318. The molecule has 0 radical (unpaired) electrons. The van der Waals surface area contributed by atoms with Gasteiger partial charge in [0, 0.05) is 0 Å². The van der Waals surface area contributed by atoms with Gasteiger partial charge < -0.3 is 15.6 Å². The molecule has 10 heavy (non-hydrogen) atoms. The molecule has 0 aliphatic rings. The van der Waals surface area contributed by atoms with Crippen molar-refractivity contribution in [2.75, 3.05) is 0 Å². The van der Waals surface area contributed by atoms with Crippen LogP contribution < -0.4 is 5.73 Å². The fraction of sp³-hybridized carbons (Fsp3) is 0.833. The molecule has 1 atom stereocenters. The summed E-state index contributed by atoms with van der Waals surface area (Å²) in [6, 6.07) is 0. The van der Waals surface area contributed by atoms with Crippen LogP contribution in [0.1, 0.15) is 20.8 Å². The van der Waals surface area contributed by atoms with E-state index < -0.39 is 17.8 Å². The molecule has 3 N–H and O–H groups in total. The van der Waals surface area contributed by atoms with Gasteiger partial charge in [0.2, 0.25) is 0 Å². The van der Waals surface area contributed by atoms with Crippen LogP contribution in [0.25, 0.3) is 0 Å². The number of hydrogen-bond acceptors (Lipinski definition) is 3. The van der Waals surface area contributed by atoms with Crippen molar-refractivity contribution in [1.29, 1.82) is 0 Å². The number of aliphatic hydroxyl groups is 1. The SMILES string of the molecule is C[C@H](OC(N)=O)C(C)(C)O. The highest BCUT2D eigenvalue weighted by molar-refractivity contribution is 5.64. The van der Waals surface area contributed by atoms with Gasteiger partial charge in [0.1, 0.15) is 6.10 Å². The summed E-state index contributed by atoms with van der Waals surface area (Å²) in [7, 11) is 0. The Hall–Kier alpha value is -0.770.